The lowest BCUT2D eigenvalue weighted by Crippen LogP contribution is -2.37. The average Bonchev–Trinajstić information content (AvgIpc) is 2.63. The maximum absolute atomic E-state index is 5.63. The molecule has 3 N–H and O–H groups in total. The van der Waals surface area contributed by atoms with Crippen molar-refractivity contribution in [2.45, 2.75) is 6.42 Å². The molecule has 3 rings (SSSR count). The van der Waals surface area contributed by atoms with Crippen molar-refractivity contribution < 1.29 is 9.47 Å². The molecule has 0 aromatic carbocycles. The van der Waals surface area contributed by atoms with Crippen LogP contribution in [0, 0.1) is 0 Å². The number of pyridine rings is 1. The number of nitrogens with one attached hydrogen (secondary N) is 1. The van der Waals surface area contributed by atoms with Crippen LogP contribution in [0.5, 0.6) is 6.01 Å². The number of morpholine rings is 1. The van der Waals surface area contributed by atoms with Crippen LogP contribution in [0.4, 0.5) is 11.9 Å². The minimum atomic E-state index is 0.241. The van der Waals surface area contributed by atoms with Crippen molar-refractivity contribution in [3.05, 3.63) is 30.1 Å². The number of hydrogen-bond donors (Lipinski definition) is 2. The predicted molar refractivity (Wildman–Crippen MR) is 84.1 cm³/mol. The smallest absolute Gasteiger partial charge is 0.323 e. The highest BCUT2D eigenvalue weighted by molar-refractivity contribution is 5.38. The molecule has 1 saturated heterocycles. The van der Waals surface area contributed by atoms with E-state index in [1.54, 1.807) is 6.20 Å². The molecule has 2 aromatic heterocycles. The summed E-state index contributed by atoms with van der Waals surface area (Å²) < 4.78 is 11.0. The zero-order chi connectivity index (χ0) is 15.9. The summed E-state index contributed by atoms with van der Waals surface area (Å²) in [4.78, 5) is 19.0. The summed E-state index contributed by atoms with van der Waals surface area (Å²) in [6.07, 6.45) is 2.43. The molecule has 0 unspecified atom stereocenters. The molecule has 0 aliphatic carbocycles. The first kappa shape index (κ1) is 15.4. The van der Waals surface area contributed by atoms with E-state index in [9.17, 15) is 0 Å². The van der Waals surface area contributed by atoms with Crippen LogP contribution >= 0.6 is 0 Å². The van der Waals surface area contributed by atoms with E-state index in [4.69, 9.17) is 15.3 Å². The summed E-state index contributed by atoms with van der Waals surface area (Å²) in [6.45, 7) is 3.16. The second kappa shape index (κ2) is 7.65. The number of hydrazine groups is 1. The van der Waals surface area contributed by atoms with Crippen molar-refractivity contribution in [3.8, 4) is 6.01 Å². The van der Waals surface area contributed by atoms with Gasteiger partial charge in [0.2, 0.25) is 11.9 Å². The van der Waals surface area contributed by atoms with Gasteiger partial charge in [0.1, 0.15) is 0 Å². The Bertz CT molecular complexity index is 620. The summed E-state index contributed by atoms with van der Waals surface area (Å²) in [5, 5.41) is 0. The van der Waals surface area contributed by atoms with E-state index in [-0.39, 0.29) is 12.0 Å². The Hall–Kier alpha value is -2.52. The number of nitrogens with two attached hydrogens (primary N) is 1. The highest BCUT2D eigenvalue weighted by Gasteiger charge is 2.16. The largest absolute Gasteiger partial charge is 0.463 e. The van der Waals surface area contributed by atoms with Crippen LogP contribution in [0.15, 0.2) is 24.4 Å². The number of nitrogen functional groups attached to an aromatic ring is 1. The predicted octanol–water partition coefficient (Wildman–Crippen LogP) is 0.0103. The van der Waals surface area contributed by atoms with E-state index in [1.165, 1.54) is 0 Å². The third kappa shape index (κ3) is 4.24. The summed E-state index contributed by atoms with van der Waals surface area (Å²) >= 11 is 0. The van der Waals surface area contributed by atoms with E-state index < -0.39 is 0 Å². The molecule has 0 radical (unpaired) electrons. The zero-order valence-corrected chi connectivity index (χ0v) is 12.7. The van der Waals surface area contributed by atoms with Crippen LogP contribution in [0.2, 0.25) is 0 Å². The molecule has 122 valence electrons. The topological polar surface area (TPSA) is 111 Å². The molecule has 9 nitrogen and oxygen atoms in total. The van der Waals surface area contributed by atoms with Gasteiger partial charge in [0.25, 0.3) is 0 Å². The molecule has 0 saturated carbocycles. The van der Waals surface area contributed by atoms with Gasteiger partial charge in [-0.2, -0.15) is 15.0 Å². The van der Waals surface area contributed by atoms with Crippen LogP contribution in [0.1, 0.15) is 5.69 Å². The fourth-order valence-corrected chi connectivity index (χ4v) is 2.17. The Kier molecular flexibility index (Phi) is 5.12. The number of rotatable bonds is 6. The molecule has 0 amide bonds. The lowest BCUT2D eigenvalue weighted by atomic mass is 10.3. The molecule has 9 heteroatoms. The van der Waals surface area contributed by atoms with E-state index in [1.807, 2.05) is 23.1 Å². The monoisotopic (exact) mass is 317 g/mol. The lowest BCUT2D eigenvalue weighted by Gasteiger charge is -2.26. The summed E-state index contributed by atoms with van der Waals surface area (Å²) in [5.41, 5.74) is 3.39. The Morgan fingerprint density at radius 1 is 1.22 bits per heavy atom. The Morgan fingerprint density at radius 3 is 2.83 bits per heavy atom. The van der Waals surface area contributed by atoms with Gasteiger partial charge in [0.15, 0.2) is 0 Å². The second-order valence-electron chi connectivity index (χ2n) is 4.90. The zero-order valence-electron chi connectivity index (χ0n) is 12.7. The molecule has 1 aliphatic heterocycles. The number of hydrogen-bond acceptors (Lipinski definition) is 9. The van der Waals surface area contributed by atoms with E-state index in [2.05, 4.69) is 25.4 Å². The molecular formula is C14H19N7O2. The van der Waals surface area contributed by atoms with Crippen LogP contribution in [0.25, 0.3) is 0 Å². The maximum Gasteiger partial charge on any atom is 0.323 e. The van der Waals surface area contributed by atoms with E-state index in [0.717, 1.165) is 18.8 Å². The van der Waals surface area contributed by atoms with Gasteiger partial charge in [-0.1, -0.05) is 6.07 Å². The third-order valence-corrected chi connectivity index (χ3v) is 3.34. The Morgan fingerprint density at radius 2 is 2.09 bits per heavy atom. The number of anilines is 2. The molecule has 1 fully saturated rings. The fraction of sp³-hybridized carbons (Fsp3) is 0.429. The van der Waals surface area contributed by atoms with Gasteiger partial charge in [0.05, 0.1) is 19.8 Å². The summed E-state index contributed by atoms with van der Waals surface area (Å²) in [5.74, 6) is 6.23. The van der Waals surface area contributed by atoms with Crippen molar-refractivity contribution in [3.63, 3.8) is 0 Å². The molecule has 0 atom stereocenters. The van der Waals surface area contributed by atoms with Crippen molar-refractivity contribution >= 4 is 11.9 Å². The van der Waals surface area contributed by atoms with Crippen molar-refractivity contribution in [1.82, 2.24) is 19.9 Å². The summed E-state index contributed by atoms with van der Waals surface area (Å²) in [6, 6.07) is 6.01. The standard InChI is InChI=1S/C14H19N7O2/c15-20-12-17-13(21-6-9-22-10-7-21)19-14(18-12)23-8-4-11-3-1-2-5-16-11/h1-3,5H,4,6-10,15H2,(H,17,18,19,20). The van der Waals surface area contributed by atoms with Gasteiger partial charge in [-0.25, -0.2) is 5.84 Å². The first-order valence-corrected chi connectivity index (χ1v) is 7.43. The fourth-order valence-electron chi connectivity index (χ4n) is 2.17. The van der Waals surface area contributed by atoms with Crippen LogP contribution in [-0.4, -0.2) is 52.8 Å². The molecule has 23 heavy (non-hydrogen) atoms. The van der Waals surface area contributed by atoms with Gasteiger partial charge >= 0.3 is 6.01 Å². The first-order chi connectivity index (χ1) is 11.3. The van der Waals surface area contributed by atoms with Crippen LogP contribution in [0.3, 0.4) is 0 Å². The molecule has 0 bridgehead atoms. The Labute approximate surface area is 133 Å². The highest BCUT2D eigenvalue weighted by Crippen LogP contribution is 2.16. The molecular weight excluding hydrogens is 298 g/mol. The van der Waals surface area contributed by atoms with Gasteiger partial charge in [0, 0.05) is 31.4 Å². The van der Waals surface area contributed by atoms with Crippen LogP contribution in [-0.2, 0) is 11.2 Å². The normalized spacial score (nSPS) is 14.6. The number of ether oxygens (including phenoxy) is 2. The van der Waals surface area contributed by atoms with E-state index >= 15 is 0 Å². The first-order valence-electron chi connectivity index (χ1n) is 7.43. The second-order valence-corrected chi connectivity index (χ2v) is 4.90. The minimum absolute atomic E-state index is 0.241. The average molecular weight is 317 g/mol. The lowest BCUT2D eigenvalue weighted by molar-refractivity contribution is 0.122. The maximum atomic E-state index is 5.63. The van der Waals surface area contributed by atoms with Gasteiger partial charge in [-0.05, 0) is 12.1 Å². The van der Waals surface area contributed by atoms with Crippen LogP contribution < -0.4 is 20.9 Å². The minimum Gasteiger partial charge on any atom is -0.463 e. The molecule has 0 spiro atoms. The van der Waals surface area contributed by atoms with Crippen molar-refractivity contribution in [2.75, 3.05) is 43.2 Å². The quantitative estimate of drug-likeness (QED) is 0.562. The number of aromatic nitrogens is 4. The molecule has 3 heterocycles. The van der Waals surface area contributed by atoms with E-state index in [0.29, 0.717) is 32.2 Å². The Balaban J connectivity index is 1.65. The highest BCUT2D eigenvalue weighted by atomic mass is 16.5. The number of nitrogens with zero attached hydrogens (tertiary/aromatic N) is 5. The SMILES string of the molecule is NNc1nc(OCCc2ccccn2)nc(N2CCOCC2)n1. The summed E-state index contributed by atoms with van der Waals surface area (Å²) in [7, 11) is 0. The van der Waals surface area contributed by atoms with Gasteiger partial charge in [-0.15, -0.1) is 0 Å². The van der Waals surface area contributed by atoms with Gasteiger partial charge in [-0.3, -0.25) is 10.4 Å². The molecule has 1 aliphatic rings. The van der Waals surface area contributed by atoms with Gasteiger partial charge < -0.3 is 14.4 Å². The van der Waals surface area contributed by atoms with Crippen molar-refractivity contribution in [1.29, 1.82) is 0 Å². The molecule has 2 aromatic rings. The third-order valence-electron chi connectivity index (χ3n) is 3.34. The van der Waals surface area contributed by atoms with Crippen molar-refractivity contribution in [2.24, 2.45) is 5.84 Å².